The van der Waals surface area contributed by atoms with Crippen molar-refractivity contribution in [2.75, 3.05) is 17.9 Å². The number of hydroxylamine groups is 2. The number of benzene rings is 2. The lowest BCUT2D eigenvalue weighted by atomic mass is 10.1. The smallest absolute Gasteiger partial charge is 0.279 e. The molecule has 1 amide bonds. The molecule has 1 aliphatic rings. The zero-order valence-electron chi connectivity index (χ0n) is 14.2. The van der Waals surface area contributed by atoms with Gasteiger partial charge in [0.1, 0.15) is 0 Å². The van der Waals surface area contributed by atoms with Gasteiger partial charge in [0.15, 0.2) is 0 Å². The van der Waals surface area contributed by atoms with Crippen LogP contribution in [0.5, 0.6) is 0 Å². The molecule has 1 N–H and O–H groups in total. The van der Waals surface area contributed by atoms with Gasteiger partial charge in [0.2, 0.25) is 0 Å². The number of sulfonamides is 1. The second-order valence-corrected chi connectivity index (χ2v) is 7.66. The molecule has 1 aliphatic heterocycles. The molecule has 0 spiro atoms. The Bertz CT molecular complexity index is 903. The number of carbonyl (C=O) groups is 1. The molecular formula is C18H20N2O4S. The molecule has 3 rings (SSSR count). The highest BCUT2D eigenvalue weighted by molar-refractivity contribution is 7.92. The largest absolute Gasteiger partial charge is 0.279 e. The van der Waals surface area contributed by atoms with E-state index in [1.807, 2.05) is 13.0 Å². The molecular weight excluding hydrogens is 340 g/mol. The predicted molar refractivity (Wildman–Crippen MR) is 94.8 cm³/mol. The normalized spacial score (nSPS) is 14.6. The van der Waals surface area contributed by atoms with Crippen molar-refractivity contribution >= 4 is 21.6 Å². The van der Waals surface area contributed by atoms with Crippen LogP contribution in [0.15, 0.2) is 47.4 Å². The van der Waals surface area contributed by atoms with Gasteiger partial charge in [-0.05, 0) is 49.6 Å². The minimum absolute atomic E-state index is 0.201. The van der Waals surface area contributed by atoms with Crippen LogP contribution in [0.4, 0.5) is 5.69 Å². The van der Waals surface area contributed by atoms with Crippen LogP contribution in [0.1, 0.15) is 27.9 Å². The van der Waals surface area contributed by atoms with E-state index in [1.165, 1.54) is 5.06 Å². The Kier molecular flexibility index (Phi) is 4.78. The molecule has 2 aromatic carbocycles. The molecule has 25 heavy (non-hydrogen) atoms. The van der Waals surface area contributed by atoms with Crippen molar-refractivity contribution in [3.63, 3.8) is 0 Å². The van der Waals surface area contributed by atoms with Gasteiger partial charge in [-0.25, -0.2) is 13.5 Å². The molecule has 7 heteroatoms. The van der Waals surface area contributed by atoms with Crippen LogP contribution in [0.3, 0.4) is 0 Å². The summed E-state index contributed by atoms with van der Waals surface area (Å²) in [4.78, 5) is 18.1. The van der Waals surface area contributed by atoms with Gasteiger partial charge in [-0.1, -0.05) is 24.3 Å². The summed E-state index contributed by atoms with van der Waals surface area (Å²) in [6, 6.07) is 11.8. The Labute approximate surface area is 147 Å². The third kappa shape index (κ3) is 3.67. The lowest BCUT2D eigenvalue weighted by molar-refractivity contribution is -0.0767. The van der Waals surface area contributed by atoms with E-state index >= 15 is 0 Å². The van der Waals surface area contributed by atoms with Crippen molar-refractivity contribution in [2.24, 2.45) is 0 Å². The lowest BCUT2D eigenvalue weighted by Gasteiger charge is -2.17. The lowest BCUT2D eigenvalue weighted by Crippen LogP contribution is -2.28. The summed E-state index contributed by atoms with van der Waals surface area (Å²) < 4.78 is 28.2. The monoisotopic (exact) mass is 360 g/mol. The first-order valence-corrected chi connectivity index (χ1v) is 9.51. The fourth-order valence-corrected chi connectivity index (χ4v) is 4.11. The topological polar surface area (TPSA) is 75.7 Å². The summed E-state index contributed by atoms with van der Waals surface area (Å²) in [7, 11) is -3.81. The molecule has 132 valence electrons. The van der Waals surface area contributed by atoms with E-state index in [1.54, 1.807) is 43.3 Å². The van der Waals surface area contributed by atoms with Gasteiger partial charge < -0.3 is 0 Å². The minimum Gasteiger partial charge on any atom is -0.279 e. The Balaban J connectivity index is 1.95. The second kappa shape index (κ2) is 6.85. The molecule has 1 fully saturated rings. The van der Waals surface area contributed by atoms with E-state index in [0.717, 1.165) is 12.0 Å². The summed E-state index contributed by atoms with van der Waals surface area (Å²) in [6.45, 7) is 4.56. The van der Waals surface area contributed by atoms with Crippen LogP contribution in [-0.4, -0.2) is 32.5 Å². The van der Waals surface area contributed by atoms with Crippen molar-refractivity contribution in [2.45, 2.75) is 25.2 Å². The fourth-order valence-electron chi connectivity index (χ4n) is 2.70. The maximum Gasteiger partial charge on any atom is 0.279 e. The molecule has 6 nitrogen and oxygen atoms in total. The van der Waals surface area contributed by atoms with Crippen molar-refractivity contribution in [3.05, 3.63) is 59.2 Å². The highest BCUT2D eigenvalue weighted by Gasteiger charge is 2.25. The molecule has 0 radical (unpaired) electrons. The molecule has 1 heterocycles. The molecule has 0 aromatic heterocycles. The third-order valence-electron chi connectivity index (χ3n) is 4.01. The Morgan fingerprint density at radius 1 is 1.16 bits per heavy atom. The third-order valence-corrected chi connectivity index (χ3v) is 5.52. The van der Waals surface area contributed by atoms with Crippen LogP contribution < -0.4 is 4.72 Å². The summed E-state index contributed by atoms with van der Waals surface area (Å²) in [6.07, 6.45) is 0.766. The average molecular weight is 360 g/mol. The first-order valence-electron chi connectivity index (χ1n) is 8.02. The summed E-state index contributed by atoms with van der Waals surface area (Å²) in [5.41, 5.74) is 1.99. The summed E-state index contributed by atoms with van der Waals surface area (Å²) in [5, 5.41) is 1.27. The molecule has 0 atom stereocenters. The van der Waals surface area contributed by atoms with E-state index in [0.29, 0.717) is 18.7 Å². The van der Waals surface area contributed by atoms with Gasteiger partial charge >= 0.3 is 0 Å². The van der Waals surface area contributed by atoms with Gasteiger partial charge in [-0.2, -0.15) is 0 Å². The van der Waals surface area contributed by atoms with Gasteiger partial charge in [0.25, 0.3) is 15.9 Å². The fraction of sp³-hybridized carbons (Fsp3) is 0.278. The minimum atomic E-state index is -3.81. The molecule has 1 saturated heterocycles. The molecule has 0 unspecified atom stereocenters. The Hall–Kier alpha value is -2.38. The maximum absolute atomic E-state index is 12.8. The second-order valence-electron chi connectivity index (χ2n) is 6.01. The average Bonchev–Trinajstić information content (AvgIpc) is 3.11. The van der Waals surface area contributed by atoms with Crippen LogP contribution in [-0.2, 0) is 14.9 Å². The molecule has 0 aliphatic carbocycles. The number of nitrogens with zero attached hydrogens (tertiary/aromatic N) is 1. The SMILES string of the molecule is Cc1ccc(C)c(S(=O)(=O)Nc2ccccc2C(=O)N2CCCO2)c1. The number of hydrogen-bond donors (Lipinski definition) is 1. The summed E-state index contributed by atoms with van der Waals surface area (Å²) in [5.74, 6) is -0.350. The van der Waals surface area contributed by atoms with Crippen molar-refractivity contribution < 1.29 is 18.0 Å². The van der Waals surface area contributed by atoms with E-state index in [-0.39, 0.29) is 22.1 Å². The summed E-state index contributed by atoms with van der Waals surface area (Å²) >= 11 is 0. The number of amides is 1. The highest BCUT2D eigenvalue weighted by Crippen LogP contribution is 2.24. The van der Waals surface area contributed by atoms with Crippen LogP contribution in [0, 0.1) is 13.8 Å². The number of hydrogen-bond acceptors (Lipinski definition) is 4. The number of rotatable bonds is 4. The number of para-hydroxylation sites is 1. The zero-order valence-corrected chi connectivity index (χ0v) is 15.0. The van der Waals surface area contributed by atoms with Gasteiger partial charge in [0, 0.05) is 0 Å². The number of anilines is 1. The molecule has 2 aromatic rings. The quantitative estimate of drug-likeness (QED) is 0.910. The highest BCUT2D eigenvalue weighted by atomic mass is 32.2. The van der Waals surface area contributed by atoms with Gasteiger partial charge in [-0.3, -0.25) is 14.4 Å². The predicted octanol–water partition coefficient (Wildman–Crippen LogP) is 2.88. The van der Waals surface area contributed by atoms with Crippen LogP contribution >= 0.6 is 0 Å². The van der Waals surface area contributed by atoms with E-state index < -0.39 is 10.0 Å². The standard InChI is InChI=1S/C18H20N2O4S/c1-13-8-9-14(2)17(12-13)25(22,23)19-16-7-4-3-6-15(16)18(21)20-10-5-11-24-20/h3-4,6-9,12,19H,5,10-11H2,1-2H3. The first kappa shape index (κ1) is 17.4. The molecule has 0 bridgehead atoms. The van der Waals surface area contributed by atoms with Crippen LogP contribution in [0.2, 0.25) is 0 Å². The Morgan fingerprint density at radius 2 is 1.92 bits per heavy atom. The van der Waals surface area contributed by atoms with E-state index in [4.69, 9.17) is 4.84 Å². The van der Waals surface area contributed by atoms with Gasteiger partial charge in [0.05, 0.1) is 29.3 Å². The van der Waals surface area contributed by atoms with Crippen molar-refractivity contribution in [1.29, 1.82) is 0 Å². The number of aryl methyl sites for hydroxylation is 2. The first-order chi connectivity index (χ1) is 11.9. The van der Waals surface area contributed by atoms with Crippen molar-refractivity contribution in [3.8, 4) is 0 Å². The zero-order chi connectivity index (χ0) is 18.0. The Morgan fingerprint density at radius 3 is 2.64 bits per heavy atom. The number of carbonyl (C=O) groups excluding carboxylic acids is 1. The number of nitrogens with one attached hydrogen (secondary N) is 1. The van der Waals surface area contributed by atoms with Crippen molar-refractivity contribution in [1.82, 2.24) is 5.06 Å². The molecule has 0 saturated carbocycles. The van der Waals surface area contributed by atoms with E-state index in [9.17, 15) is 13.2 Å². The van der Waals surface area contributed by atoms with E-state index in [2.05, 4.69) is 4.72 Å². The van der Waals surface area contributed by atoms with Crippen LogP contribution in [0.25, 0.3) is 0 Å². The maximum atomic E-state index is 12.8. The van der Waals surface area contributed by atoms with Gasteiger partial charge in [-0.15, -0.1) is 0 Å².